The lowest BCUT2D eigenvalue weighted by Gasteiger charge is -2.11. The SMILES string of the molecule is CC(C)C(=O)c1ccccc1OCCO. The third kappa shape index (κ3) is 3.06. The van der Waals surface area contributed by atoms with Gasteiger partial charge in [0.25, 0.3) is 0 Å². The zero-order chi connectivity index (χ0) is 11.3. The first-order chi connectivity index (χ1) is 7.16. The Hall–Kier alpha value is -1.35. The summed E-state index contributed by atoms with van der Waals surface area (Å²) < 4.78 is 5.29. The van der Waals surface area contributed by atoms with E-state index in [1.165, 1.54) is 0 Å². The van der Waals surface area contributed by atoms with Crippen LogP contribution in [0, 0.1) is 5.92 Å². The van der Waals surface area contributed by atoms with Crippen LogP contribution in [-0.2, 0) is 0 Å². The Morgan fingerprint density at radius 1 is 1.40 bits per heavy atom. The van der Waals surface area contributed by atoms with Crippen molar-refractivity contribution in [2.24, 2.45) is 5.92 Å². The minimum Gasteiger partial charge on any atom is -0.490 e. The van der Waals surface area contributed by atoms with Gasteiger partial charge in [-0.15, -0.1) is 0 Å². The number of ketones is 1. The molecule has 0 fully saturated rings. The summed E-state index contributed by atoms with van der Waals surface area (Å²) in [5.41, 5.74) is 0.584. The molecule has 1 aromatic carbocycles. The number of hydrogen-bond donors (Lipinski definition) is 1. The lowest BCUT2D eigenvalue weighted by atomic mass is 10.0. The molecule has 0 saturated carbocycles. The van der Waals surface area contributed by atoms with Gasteiger partial charge in [0.2, 0.25) is 0 Å². The fraction of sp³-hybridized carbons (Fsp3) is 0.417. The topological polar surface area (TPSA) is 46.5 Å². The zero-order valence-corrected chi connectivity index (χ0v) is 9.06. The molecule has 0 amide bonds. The van der Waals surface area contributed by atoms with Crippen molar-refractivity contribution in [3.05, 3.63) is 29.8 Å². The highest BCUT2D eigenvalue weighted by molar-refractivity contribution is 5.99. The molecule has 0 heterocycles. The van der Waals surface area contributed by atoms with E-state index in [4.69, 9.17) is 9.84 Å². The third-order valence-electron chi connectivity index (χ3n) is 2.03. The Morgan fingerprint density at radius 3 is 2.67 bits per heavy atom. The van der Waals surface area contributed by atoms with Crippen LogP contribution in [0.5, 0.6) is 5.75 Å². The van der Waals surface area contributed by atoms with Gasteiger partial charge in [-0.05, 0) is 12.1 Å². The van der Waals surface area contributed by atoms with E-state index >= 15 is 0 Å². The van der Waals surface area contributed by atoms with Gasteiger partial charge in [-0.3, -0.25) is 4.79 Å². The molecule has 82 valence electrons. The maximum Gasteiger partial charge on any atom is 0.169 e. The van der Waals surface area contributed by atoms with Crippen molar-refractivity contribution in [1.82, 2.24) is 0 Å². The molecule has 0 unspecified atom stereocenters. The van der Waals surface area contributed by atoms with Gasteiger partial charge in [-0.2, -0.15) is 0 Å². The van der Waals surface area contributed by atoms with Gasteiger partial charge in [0.1, 0.15) is 12.4 Å². The number of Topliss-reactive ketones (excluding diaryl/α,β-unsaturated/α-hetero) is 1. The highest BCUT2D eigenvalue weighted by atomic mass is 16.5. The minimum absolute atomic E-state index is 0.0514. The molecule has 0 aliphatic rings. The van der Waals surface area contributed by atoms with Gasteiger partial charge >= 0.3 is 0 Å². The van der Waals surface area contributed by atoms with Gasteiger partial charge in [0.15, 0.2) is 5.78 Å². The van der Waals surface area contributed by atoms with Gasteiger partial charge in [0.05, 0.1) is 12.2 Å². The van der Waals surface area contributed by atoms with Crippen LogP contribution in [0.4, 0.5) is 0 Å². The largest absolute Gasteiger partial charge is 0.490 e. The molecular formula is C12H16O3. The molecule has 1 N–H and O–H groups in total. The summed E-state index contributed by atoms with van der Waals surface area (Å²) in [6.07, 6.45) is 0. The molecule has 1 rings (SSSR count). The molecule has 3 heteroatoms. The highest BCUT2D eigenvalue weighted by Gasteiger charge is 2.14. The first-order valence-electron chi connectivity index (χ1n) is 5.03. The van der Waals surface area contributed by atoms with Crippen molar-refractivity contribution in [3.8, 4) is 5.75 Å². The Morgan fingerprint density at radius 2 is 2.07 bits per heavy atom. The number of rotatable bonds is 5. The summed E-state index contributed by atoms with van der Waals surface area (Å²) in [6, 6.07) is 7.10. The summed E-state index contributed by atoms with van der Waals surface area (Å²) in [5, 5.41) is 8.66. The number of para-hydroxylation sites is 1. The van der Waals surface area contributed by atoms with E-state index in [9.17, 15) is 4.79 Å². The molecule has 1 aromatic rings. The molecule has 0 bridgehead atoms. The second kappa shape index (κ2) is 5.51. The first kappa shape index (κ1) is 11.7. The summed E-state index contributed by atoms with van der Waals surface area (Å²) in [6.45, 7) is 3.86. The summed E-state index contributed by atoms with van der Waals surface area (Å²) in [4.78, 5) is 11.8. The number of ether oxygens (including phenoxy) is 1. The Bertz CT molecular complexity index is 331. The summed E-state index contributed by atoms with van der Waals surface area (Å²) >= 11 is 0. The second-order valence-electron chi connectivity index (χ2n) is 3.59. The predicted molar refractivity (Wildman–Crippen MR) is 58.2 cm³/mol. The molecule has 0 atom stereocenters. The summed E-state index contributed by atoms with van der Waals surface area (Å²) in [7, 11) is 0. The fourth-order valence-electron chi connectivity index (χ4n) is 1.26. The van der Waals surface area contributed by atoms with Crippen LogP contribution in [0.3, 0.4) is 0 Å². The zero-order valence-electron chi connectivity index (χ0n) is 9.06. The third-order valence-corrected chi connectivity index (χ3v) is 2.03. The van der Waals surface area contributed by atoms with Crippen LogP contribution in [0.1, 0.15) is 24.2 Å². The van der Waals surface area contributed by atoms with Crippen molar-refractivity contribution < 1.29 is 14.6 Å². The fourth-order valence-corrected chi connectivity index (χ4v) is 1.26. The van der Waals surface area contributed by atoms with Crippen molar-refractivity contribution in [2.75, 3.05) is 13.2 Å². The van der Waals surface area contributed by atoms with E-state index in [0.717, 1.165) is 0 Å². The quantitative estimate of drug-likeness (QED) is 0.752. The standard InChI is InChI=1S/C12H16O3/c1-9(2)12(14)10-5-3-4-6-11(10)15-8-7-13/h3-6,9,13H,7-8H2,1-2H3. The summed E-state index contributed by atoms with van der Waals surface area (Å²) in [5.74, 6) is 0.553. The molecule has 15 heavy (non-hydrogen) atoms. The van der Waals surface area contributed by atoms with E-state index in [1.807, 2.05) is 19.9 Å². The Balaban J connectivity index is 2.90. The Kier molecular flexibility index (Phi) is 4.31. The van der Waals surface area contributed by atoms with E-state index in [1.54, 1.807) is 18.2 Å². The average Bonchev–Trinajstić information content (AvgIpc) is 2.25. The van der Waals surface area contributed by atoms with Crippen molar-refractivity contribution in [3.63, 3.8) is 0 Å². The van der Waals surface area contributed by atoms with Crippen LogP contribution in [0.2, 0.25) is 0 Å². The molecule has 0 saturated heterocycles. The van der Waals surface area contributed by atoms with Crippen molar-refractivity contribution in [2.45, 2.75) is 13.8 Å². The van der Waals surface area contributed by atoms with Crippen LogP contribution < -0.4 is 4.74 Å². The van der Waals surface area contributed by atoms with E-state index in [0.29, 0.717) is 11.3 Å². The maximum atomic E-state index is 11.8. The molecule has 0 aliphatic carbocycles. The van der Waals surface area contributed by atoms with E-state index < -0.39 is 0 Å². The molecule has 0 aliphatic heterocycles. The maximum absolute atomic E-state index is 11.8. The van der Waals surface area contributed by atoms with Gasteiger partial charge in [0, 0.05) is 5.92 Å². The minimum atomic E-state index is -0.0520. The molecule has 3 nitrogen and oxygen atoms in total. The number of hydrogen-bond acceptors (Lipinski definition) is 3. The van der Waals surface area contributed by atoms with Crippen LogP contribution in [0.25, 0.3) is 0 Å². The molecule has 0 spiro atoms. The van der Waals surface area contributed by atoms with Crippen LogP contribution in [0.15, 0.2) is 24.3 Å². The van der Waals surface area contributed by atoms with Crippen molar-refractivity contribution >= 4 is 5.78 Å². The Labute approximate surface area is 89.7 Å². The molecule has 0 aromatic heterocycles. The number of aliphatic hydroxyl groups excluding tert-OH is 1. The monoisotopic (exact) mass is 208 g/mol. The number of benzene rings is 1. The molecule has 0 radical (unpaired) electrons. The average molecular weight is 208 g/mol. The number of aliphatic hydroxyl groups is 1. The lowest BCUT2D eigenvalue weighted by molar-refractivity contribution is 0.0933. The second-order valence-corrected chi connectivity index (χ2v) is 3.59. The smallest absolute Gasteiger partial charge is 0.169 e. The van der Waals surface area contributed by atoms with E-state index in [-0.39, 0.29) is 24.9 Å². The normalized spacial score (nSPS) is 10.4. The predicted octanol–water partition coefficient (Wildman–Crippen LogP) is 1.90. The van der Waals surface area contributed by atoms with Gasteiger partial charge < -0.3 is 9.84 Å². The first-order valence-corrected chi connectivity index (χ1v) is 5.03. The lowest BCUT2D eigenvalue weighted by Crippen LogP contribution is -2.11. The van der Waals surface area contributed by atoms with Crippen molar-refractivity contribution in [1.29, 1.82) is 0 Å². The number of carbonyl (C=O) groups excluding carboxylic acids is 1. The molecular weight excluding hydrogens is 192 g/mol. The van der Waals surface area contributed by atoms with Gasteiger partial charge in [-0.1, -0.05) is 26.0 Å². The van der Waals surface area contributed by atoms with Crippen LogP contribution >= 0.6 is 0 Å². The van der Waals surface area contributed by atoms with E-state index in [2.05, 4.69) is 0 Å². The highest BCUT2D eigenvalue weighted by Crippen LogP contribution is 2.21. The van der Waals surface area contributed by atoms with Gasteiger partial charge in [-0.25, -0.2) is 0 Å². The number of carbonyl (C=O) groups is 1. The van der Waals surface area contributed by atoms with Crippen LogP contribution in [-0.4, -0.2) is 24.1 Å².